The molecule has 0 spiro atoms. The van der Waals surface area contributed by atoms with Crippen LogP contribution >= 0.6 is 0 Å². The van der Waals surface area contributed by atoms with Crippen LogP contribution in [0.3, 0.4) is 0 Å². The molecule has 1 heteroatoms. The number of nitrogens with one attached hydrogen (secondary N) is 1. The molecular formula is C12H25N. The maximum absolute atomic E-state index is 3.68. The van der Waals surface area contributed by atoms with Gasteiger partial charge in [0.25, 0.3) is 0 Å². The summed E-state index contributed by atoms with van der Waals surface area (Å²) in [6, 6.07) is 0.822. The number of hydrogen-bond donors (Lipinski definition) is 1. The lowest BCUT2D eigenvalue weighted by Crippen LogP contribution is -2.34. The van der Waals surface area contributed by atoms with Crippen molar-refractivity contribution < 1.29 is 0 Å². The molecule has 1 saturated carbocycles. The van der Waals surface area contributed by atoms with Crippen LogP contribution in [0.5, 0.6) is 0 Å². The van der Waals surface area contributed by atoms with Crippen LogP contribution in [0, 0.1) is 11.8 Å². The first kappa shape index (κ1) is 11.0. The molecule has 0 bridgehead atoms. The second-order valence-electron chi connectivity index (χ2n) is 5.11. The van der Waals surface area contributed by atoms with Gasteiger partial charge in [-0.3, -0.25) is 0 Å². The van der Waals surface area contributed by atoms with Crippen molar-refractivity contribution in [3.63, 3.8) is 0 Å². The van der Waals surface area contributed by atoms with Crippen molar-refractivity contribution in [2.75, 3.05) is 6.54 Å². The molecule has 0 heterocycles. The minimum absolute atomic E-state index is 0.822. The average molecular weight is 183 g/mol. The Bertz CT molecular complexity index is 131. The second kappa shape index (κ2) is 5.64. The highest BCUT2D eigenvalue weighted by Gasteiger charge is 2.17. The van der Waals surface area contributed by atoms with Gasteiger partial charge in [0.2, 0.25) is 0 Å². The fourth-order valence-electron chi connectivity index (χ4n) is 2.20. The number of rotatable bonds is 4. The zero-order chi connectivity index (χ0) is 9.68. The van der Waals surface area contributed by atoms with Crippen molar-refractivity contribution in [2.24, 2.45) is 11.8 Å². The van der Waals surface area contributed by atoms with Crippen LogP contribution < -0.4 is 5.32 Å². The fourth-order valence-corrected chi connectivity index (χ4v) is 2.20. The summed E-state index contributed by atoms with van der Waals surface area (Å²) < 4.78 is 0. The molecule has 1 nitrogen and oxygen atoms in total. The van der Waals surface area contributed by atoms with Gasteiger partial charge < -0.3 is 5.32 Å². The van der Waals surface area contributed by atoms with Crippen molar-refractivity contribution in [2.45, 2.75) is 58.9 Å². The summed E-state index contributed by atoms with van der Waals surface area (Å²) >= 11 is 0. The first-order chi connectivity index (χ1) is 6.18. The van der Waals surface area contributed by atoms with E-state index in [1.54, 1.807) is 0 Å². The minimum atomic E-state index is 0.822. The monoisotopic (exact) mass is 183 g/mol. The Balaban J connectivity index is 2.06. The van der Waals surface area contributed by atoms with Gasteiger partial charge in [-0.2, -0.15) is 0 Å². The minimum Gasteiger partial charge on any atom is -0.314 e. The van der Waals surface area contributed by atoms with E-state index in [-0.39, 0.29) is 0 Å². The van der Waals surface area contributed by atoms with Gasteiger partial charge in [0, 0.05) is 6.04 Å². The molecule has 78 valence electrons. The molecule has 1 aliphatic rings. The highest BCUT2D eigenvalue weighted by atomic mass is 14.9. The molecule has 0 amide bonds. The van der Waals surface area contributed by atoms with E-state index in [4.69, 9.17) is 0 Å². The zero-order valence-corrected chi connectivity index (χ0v) is 9.47. The van der Waals surface area contributed by atoms with Gasteiger partial charge in [-0.1, -0.05) is 33.6 Å². The molecule has 1 aliphatic carbocycles. The Morgan fingerprint density at radius 3 is 2.69 bits per heavy atom. The molecule has 0 saturated heterocycles. The highest BCUT2D eigenvalue weighted by Crippen LogP contribution is 2.23. The van der Waals surface area contributed by atoms with Crippen molar-refractivity contribution in [3.05, 3.63) is 0 Å². The Kier molecular flexibility index (Phi) is 4.79. The predicted octanol–water partition coefficient (Wildman–Crippen LogP) is 3.20. The van der Waals surface area contributed by atoms with Crippen molar-refractivity contribution >= 4 is 0 Å². The molecule has 1 N–H and O–H groups in total. The first-order valence-electron chi connectivity index (χ1n) is 5.92. The van der Waals surface area contributed by atoms with E-state index in [9.17, 15) is 0 Å². The summed E-state index contributed by atoms with van der Waals surface area (Å²) in [5, 5.41) is 3.68. The van der Waals surface area contributed by atoms with E-state index in [1.165, 1.54) is 38.6 Å². The molecule has 0 aromatic carbocycles. The summed E-state index contributed by atoms with van der Waals surface area (Å²) in [7, 11) is 0. The molecule has 2 atom stereocenters. The topological polar surface area (TPSA) is 12.0 Å². The third-order valence-electron chi connectivity index (χ3n) is 3.09. The van der Waals surface area contributed by atoms with Crippen LogP contribution in [0.2, 0.25) is 0 Å². The third kappa shape index (κ3) is 4.66. The largest absolute Gasteiger partial charge is 0.314 e. The van der Waals surface area contributed by atoms with E-state index in [0.717, 1.165) is 17.9 Å². The lowest BCUT2D eigenvalue weighted by atomic mass is 9.87. The Labute approximate surface area is 83.3 Å². The van der Waals surface area contributed by atoms with Gasteiger partial charge in [-0.15, -0.1) is 0 Å². The van der Waals surface area contributed by atoms with E-state index in [0.29, 0.717) is 0 Å². The Morgan fingerprint density at radius 2 is 2.08 bits per heavy atom. The standard InChI is InChI=1S/C12H25N/c1-10(2)7-8-13-12-6-4-5-11(3)9-12/h10-13H,4-9H2,1-3H3/t11-,12+/m0/s1. The van der Waals surface area contributed by atoms with Gasteiger partial charge in [0.05, 0.1) is 0 Å². The van der Waals surface area contributed by atoms with Gasteiger partial charge in [-0.25, -0.2) is 0 Å². The van der Waals surface area contributed by atoms with Crippen LogP contribution in [-0.2, 0) is 0 Å². The van der Waals surface area contributed by atoms with Crippen molar-refractivity contribution in [1.29, 1.82) is 0 Å². The van der Waals surface area contributed by atoms with Crippen molar-refractivity contribution in [3.8, 4) is 0 Å². The maximum Gasteiger partial charge on any atom is 0.00696 e. The summed E-state index contributed by atoms with van der Waals surface area (Å²) in [6.45, 7) is 8.20. The van der Waals surface area contributed by atoms with Crippen LogP contribution in [0.15, 0.2) is 0 Å². The molecule has 0 aliphatic heterocycles. The van der Waals surface area contributed by atoms with Crippen LogP contribution in [0.4, 0.5) is 0 Å². The van der Waals surface area contributed by atoms with Crippen LogP contribution in [0.25, 0.3) is 0 Å². The molecular weight excluding hydrogens is 158 g/mol. The molecule has 1 fully saturated rings. The number of hydrogen-bond acceptors (Lipinski definition) is 1. The van der Waals surface area contributed by atoms with Gasteiger partial charge >= 0.3 is 0 Å². The molecule has 13 heavy (non-hydrogen) atoms. The van der Waals surface area contributed by atoms with Gasteiger partial charge in [0.1, 0.15) is 0 Å². The average Bonchev–Trinajstić information content (AvgIpc) is 2.03. The Hall–Kier alpha value is -0.0400. The SMILES string of the molecule is CC(C)CCN[C@@H]1CCC[C@H](C)C1. The van der Waals surface area contributed by atoms with Crippen LogP contribution in [-0.4, -0.2) is 12.6 Å². The smallest absolute Gasteiger partial charge is 0.00696 e. The Morgan fingerprint density at radius 1 is 1.31 bits per heavy atom. The van der Waals surface area contributed by atoms with E-state index < -0.39 is 0 Å². The van der Waals surface area contributed by atoms with Gasteiger partial charge in [0.15, 0.2) is 0 Å². The highest BCUT2D eigenvalue weighted by molar-refractivity contribution is 4.75. The maximum atomic E-state index is 3.68. The summed E-state index contributed by atoms with van der Waals surface area (Å²) in [5.41, 5.74) is 0. The summed E-state index contributed by atoms with van der Waals surface area (Å²) in [4.78, 5) is 0. The predicted molar refractivity (Wildman–Crippen MR) is 58.9 cm³/mol. The normalized spacial score (nSPS) is 29.5. The second-order valence-corrected chi connectivity index (χ2v) is 5.11. The molecule has 0 aromatic heterocycles. The zero-order valence-electron chi connectivity index (χ0n) is 9.47. The third-order valence-corrected chi connectivity index (χ3v) is 3.09. The first-order valence-corrected chi connectivity index (χ1v) is 5.92. The van der Waals surface area contributed by atoms with E-state index in [1.807, 2.05) is 0 Å². The quantitative estimate of drug-likeness (QED) is 0.706. The molecule has 0 aromatic rings. The lowest BCUT2D eigenvalue weighted by Gasteiger charge is -2.27. The molecule has 0 radical (unpaired) electrons. The van der Waals surface area contributed by atoms with Crippen molar-refractivity contribution in [1.82, 2.24) is 5.32 Å². The fraction of sp³-hybridized carbons (Fsp3) is 1.00. The summed E-state index contributed by atoms with van der Waals surface area (Å²) in [5.74, 6) is 1.79. The van der Waals surface area contributed by atoms with E-state index in [2.05, 4.69) is 26.1 Å². The van der Waals surface area contributed by atoms with E-state index >= 15 is 0 Å². The summed E-state index contributed by atoms with van der Waals surface area (Å²) in [6.07, 6.45) is 7.01. The van der Waals surface area contributed by atoms with Gasteiger partial charge in [-0.05, 0) is 37.6 Å². The molecule has 0 unspecified atom stereocenters. The lowest BCUT2D eigenvalue weighted by molar-refractivity contribution is 0.297. The van der Waals surface area contributed by atoms with Crippen LogP contribution in [0.1, 0.15) is 52.9 Å². The molecule has 1 rings (SSSR count).